The maximum Gasteiger partial charge on any atom is 0.299 e. The highest BCUT2D eigenvalue weighted by atomic mass is 16.6. The number of rotatable bonds is 6. The van der Waals surface area contributed by atoms with Crippen LogP contribution in [-0.4, -0.2) is 15.8 Å². The third-order valence-electron chi connectivity index (χ3n) is 3.57. The van der Waals surface area contributed by atoms with E-state index in [0.29, 0.717) is 6.42 Å². The molecule has 1 atom stereocenters. The molecule has 0 saturated carbocycles. The van der Waals surface area contributed by atoms with Gasteiger partial charge in [-0.15, -0.1) is 0 Å². The van der Waals surface area contributed by atoms with Crippen molar-refractivity contribution in [3.63, 3.8) is 0 Å². The minimum absolute atomic E-state index is 0.0648. The van der Waals surface area contributed by atoms with E-state index in [1.165, 1.54) is 6.07 Å². The number of carbonyl (C=O) groups is 1. The van der Waals surface area contributed by atoms with E-state index < -0.39 is 33.0 Å². The first-order valence-electron chi connectivity index (χ1n) is 7.22. The second kappa shape index (κ2) is 7.32. The van der Waals surface area contributed by atoms with Gasteiger partial charge in [0, 0.05) is 6.07 Å². The number of non-ortho nitro benzene ring substituents is 1. The molecule has 0 fully saturated rings. The topological polar surface area (TPSA) is 115 Å². The number of nitrogens with zero attached hydrogens (tertiary/aromatic N) is 2. The lowest BCUT2D eigenvalue weighted by atomic mass is 9.95. The number of nitrogens with one attached hydrogen (secondary N) is 1. The van der Waals surface area contributed by atoms with Crippen LogP contribution in [0.1, 0.15) is 24.8 Å². The fourth-order valence-electron chi connectivity index (χ4n) is 2.37. The van der Waals surface area contributed by atoms with Gasteiger partial charge < -0.3 is 5.32 Å². The summed E-state index contributed by atoms with van der Waals surface area (Å²) in [6, 6.07) is 12.2. The molecule has 0 spiro atoms. The average Bonchev–Trinajstić information content (AvgIpc) is 2.56. The summed E-state index contributed by atoms with van der Waals surface area (Å²) in [6.45, 7) is 1.83. The molecule has 0 heterocycles. The highest BCUT2D eigenvalue weighted by Crippen LogP contribution is 2.30. The molecule has 1 amide bonds. The molecule has 2 aromatic carbocycles. The highest BCUT2D eigenvalue weighted by molar-refractivity contribution is 5.97. The van der Waals surface area contributed by atoms with Crippen molar-refractivity contribution in [3.8, 4) is 0 Å². The van der Waals surface area contributed by atoms with Crippen molar-refractivity contribution in [2.45, 2.75) is 19.3 Å². The van der Waals surface area contributed by atoms with E-state index in [9.17, 15) is 25.0 Å². The van der Waals surface area contributed by atoms with Crippen LogP contribution in [0.25, 0.3) is 0 Å². The van der Waals surface area contributed by atoms with Crippen LogP contribution < -0.4 is 5.32 Å². The zero-order chi connectivity index (χ0) is 17.7. The summed E-state index contributed by atoms with van der Waals surface area (Å²) in [5, 5.41) is 24.4. The zero-order valence-corrected chi connectivity index (χ0v) is 12.8. The van der Waals surface area contributed by atoms with Crippen LogP contribution in [0.5, 0.6) is 0 Å². The van der Waals surface area contributed by atoms with E-state index in [2.05, 4.69) is 5.32 Å². The lowest BCUT2D eigenvalue weighted by molar-refractivity contribution is -0.393. The predicted octanol–water partition coefficient (Wildman–Crippen LogP) is 3.64. The smallest absolute Gasteiger partial charge is 0.299 e. The first kappa shape index (κ1) is 17.1. The third kappa shape index (κ3) is 3.72. The maximum absolute atomic E-state index is 12.5. The largest absolute Gasteiger partial charge is 0.320 e. The Morgan fingerprint density at radius 1 is 1.08 bits per heavy atom. The van der Waals surface area contributed by atoms with Gasteiger partial charge in [0.2, 0.25) is 5.91 Å². The molecule has 0 aromatic heterocycles. The number of amides is 1. The van der Waals surface area contributed by atoms with Crippen molar-refractivity contribution in [2.24, 2.45) is 0 Å². The van der Waals surface area contributed by atoms with Gasteiger partial charge in [-0.05, 0) is 18.1 Å². The van der Waals surface area contributed by atoms with E-state index in [1.54, 1.807) is 24.3 Å². The van der Waals surface area contributed by atoms with Crippen LogP contribution >= 0.6 is 0 Å². The molecule has 8 nitrogen and oxygen atoms in total. The fraction of sp³-hybridized carbons (Fsp3) is 0.188. The van der Waals surface area contributed by atoms with Crippen molar-refractivity contribution in [2.75, 3.05) is 5.32 Å². The Morgan fingerprint density at radius 3 is 2.29 bits per heavy atom. The van der Waals surface area contributed by atoms with Gasteiger partial charge in [-0.25, -0.2) is 0 Å². The molecule has 0 radical (unpaired) electrons. The third-order valence-corrected chi connectivity index (χ3v) is 3.57. The van der Waals surface area contributed by atoms with Gasteiger partial charge in [0.15, 0.2) is 0 Å². The minimum atomic E-state index is -0.758. The molecule has 2 aromatic rings. The Hall–Kier alpha value is -3.29. The molecule has 24 heavy (non-hydrogen) atoms. The van der Waals surface area contributed by atoms with Crippen molar-refractivity contribution < 1.29 is 14.6 Å². The van der Waals surface area contributed by atoms with Crippen LogP contribution in [-0.2, 0) is 4.79 Å². The van der Waals surface area contributed by atoms with Gasteiger partial charge in [0.05, 0.1) is 21.8 Å². The number of anilines is 1. The van der Waals surface area contributed by atoms with Gasteiger partial charge in [-0.2, -0.15) is 0 Å². The summed E-state index contributed by atoms with van der Waals surface area (Å²) in [4.78, 5) is 32.9. The molecular weight excluding hydrogens is 314 g/mol. The molecular formula is C16H15N3O5. The molecule has 1 N–H and O–H groups in total. The molecule has 0 saturated heterocycles. The molecule has 0 aliphatic heterocycles. The first-order valence-corrected chi connectivity index (χ1v) is 7.22. The van der Waals surface area contributed by atoms with E-state index in [-0.39, 0.29) is 5.69 Å². The quantitative estimate of drug-likeness (QED) is 0.641. The van der Waals surface area contributed by atoms with E-state index in [1.807, 2.05) is 13.0 Å². The van der Waals surface area contributed by atoms with E-state index in [4.69, 9.17) is 0 Å². The predicted molar refractivity (Wildman–Crippen MR) is 87.9 cm³/mol. The standard InChI is InChI=1S/C16H15N3O5/c1-2-13(11-6-4-3-5-7-11)16(20)17-14-9-8-12(18(21)22)10-15(14)19(23)24/h3-10,13H,2H2,1H3,(H,17,20). The molecule has 124 valence electrons. The Balaban J connectivity index is 2.31. The maximum atomic E-state index is 12.5. The van der Waals surface area contributed by atoms with Crippen molar-refractivity contribution in [1.29, 1.82) is 0 Å². The molecule has 0 aliphatic rings. The molecule has 0 aliphatic carbocycles. The van der Waals surface area contributed by atoms with Crippen LogP contribution in [0.2, 0.25) is 0 Å². The molecule has 2 rings (SSSR count). The summed E-state index contributed by atoms with van der Waals surface area (Å²) in [5.74, 6) is -0.873. The number of carbonyl (C=O) groups excluding carboxylic acids is 1. The molecule has 8 heteroatoms. The number of hydrogen-bond donors (Lipinski definition) is 1. The summed E-state index contributed by atoms with van der Waals surface area (Å²) in [6.07, 6.45) is 0.511. The monoisotopic (exact) mass is 329 g/mol. The van der Waals surface area contributed by atoms with Gasteiger partial charge in [0.25, 0.3) is 11.4 Å². The SMILES string of the molecule is CCC(C(=O)Nc1ccc([N+](=O)[O-])cc1[N+](=O)[O-])c1ccccc1. The van der Waals surface area contributed by atoms with Crippen LogP contribution in [0, 0.1) is 20.2 Å². The van der Waals surface area contributed by atoms with Crippen molar-refractivity contribution in [1.82, 2.24) is 0 Å². The van der Waals surface area contributed by atoms with Crippen molar-refractivity contribution >= 4 is 23.0 Å². The first-order chi connectivity index (χ1) is 11.4. The number of nitro groups is 2. The zero-order valence-electron chi connectivity index (χ0n) is 12.8. The summed E-state index contributed by atoms with van der Waals surface area (Å²) in [5.41, 5.74) is -0.192. The average molecular weight is 329 g/mol. The van der Waals surface area contributed by atoms with Crippen molar-refractivity contribution in [3.05, 3.63) is 74.3 Å². The van der Waals surface area contributed by atoms with E-state index >= 15 is 0 Å². The minimum Gasteiger partial charge on any atom is -0.320 e. The molecule has 0 bridgehead atoms. The van der Waals surface area contributed by atoms with Gasteiger partial charge in [-0.3, -0.25) is 25.0 Å². The number of hydrogen-bond acceptors (Lipinski definition) is 5. The second-order valence-electron chi connectivity index (χ2n) is 5.08. The van der Waals surface area contributed by atoms with Crippen LogP contribution in [0.4, 0.5) is 17.1 Å². The van der Waals surface area contributed by atoms with Gasteiger partial charge in [0.1, 0.15) is 5.69 Å². The summed E-state index contributed by atoms with van der Waals surface area (Å²) < 4.78 is 0. The normalized spacial score (nSPS) is 11.5. The Kier molecular flexibility index (Phi) is 5.20. The van der Waals surface area contributed by atoms with Gasteiger partial charge >= 0.3 is 0 Å². The lowest BCUT2D eigenvalue weighted by Gasteiger charge is -2.15. The van der Waals surface area contributed by atoms with Crippen LogP contribution in [0.3, 0.4) is 0 Å². The van der Waals surface area contributed by atoms with Crippen LogP contribution in [0.15, 0.2) is 48.5 Å². The van der Waals surface area contributed by atoms with E-state index in [0.717, 1.165) is 17.7 Å². The Labute approximate surface area is 137 Å². The Bertz CT molecular complexity index is 777. The van der Waals surface area contributed by atoms with Gasteiger partial charge in [-0.1, -0.05) is 37.3 Å². The fourth-order valence-corrected chi connectivity index (χ4v) is 2.37. The molecule has 1 unspecified atom stereocenters. The summed E-state index contributed by atoms with van der Waals surface area (Å²) >= 11 is 0. The second-order valence-corrected chi connectivity index (χ2v) is 5.08. The number of nitro benzene ring substituents is 2. The lowest BCUT2D eigenvalue weighted by Crippen LogP contribution is -2.21. The Morgan fingerprint density at radius 2 is 1.75 bits per heavy atom. The highest BCUT2D eigenvalue weighted by Gasteiger charge is 2.24. The number of benzene rings is 2. The summed E-state index contributed by atoms with van der Waals surface area (Å²) in [7, 11) is 0.